The van der Waals surface area contributed by atoms with Gasteiger partial charge in [-0.15, -0.1) is 0 Å². The number of rotatable bonds is 8. The van der Waals surface area contributed by atoms with Crippen LogP contribution in [-0.2, 0) is 16.9 Å². The first-order valence-corrected chi connectivity index (χ1v) is 12.0. The highest BCUT2D eigenvalue weighted by atomic mass is 35.5. The van der Waals surface area contributed by atoms with Crippen molar-refractivity contribution in [1.29, 1.82) is 0 Å². The molecule has 1 aliphatic rings. The minimum absolute atomic E-state index is 0.0395. The van der Waals surface area contributed by atoms with Gasteiger partial charge in [0.05, 0.1) is 16.8 Å². The van der Waals surface area contributed by atoms with Gasteiger partial charge in [0.1, 0.15) is 11.4 Å². The van der Waals surface area contributed by atoms with Gasteiger partial charge < -0.3 is 0 Å². The van der Waals surface area contributed by atoms with Crippen molar-refractivity contribution in [3.05, 3.63) is 125 Å². The van der Waals surface area contributed by atoms with Crippen molar-refractivity contribution in [3.8, 4) is 0 Å². The zero-order valence-corrected chi connectivity index (χ0v) is 20.3. The molecule has 2 N–H and O–H groups in total. The number of halogens is 2. The van der Waals surface area contributed by atoms with E-state index in [2.05, 4.69) is 22.0 Å². The van der Waals surface area contributed by atoms with Crippen molar-refractivity contribution >= 4 is 11.6 Å². The highest BCUT2D eigenvalue weighted by Crippen LogP contribution is 2.33. The number of hydrogen-bond donors (Lipinski definition) is 2. The summed E-state index contributed by atoms with van der Waals surface area (Å²) < 4.78 is 14.3. The molecule has 34 heavy (non-hydrogen) atoms. The standard InChI is InChI=1S/C26H25ClFN3O.C2H6/c27-22-15-16-25(29-19-22)26(18-20-9-4-3-5-10-20,21-11-8-12-23(28)17-21)31-32-30-24-13-6-1-2-7-14-24;1-2/h1-6,8-13,15-17,19,24,30-31H,7,14,18H2;1-2H3. The van der Waals surface area contributed by atoms with Gasteiger partial charge in [0.15, 0.2) is 0 Å². The highest BCUT2D eigenvalue weighted by Gasteiger charge is 2.37. The number of pyridine rings is 1. The molecule has 2 atom stereocenters. The molecule has 0 spiro atoms. The molecule has 1 aliphatic carbocycles. The number of aromatic nitrogens is 1. The van der Waals surface area contributed by atoms with E-state index in [1.807, 2.05) is 74.5 Å². The summed E-state index contributed by atoms with van der Waals surface area (Å²) in [5.74, 6) is -0.332. The zero-order chi connectivity index (χ0) is 24.2. The maximum Gasteiger partial charge on any atom is 0.123 e. The molecule has 0 radical (unpaired) electrons. The molecular formula is C28H31ClFN3O. The number of nitrogens with zero attached hydrogens (tertiary/aromatic N) is 1. The number of benzene rings is 2. The van der Waals surface area contributed by atoms with Crippen LogP contribution in [-0.4, -0.2) is 11.0 Å². The lowest BCUT2D eigenvalue weighted by molar-refractivity contribution is -0.0890. The predicted octanol–water partition coefficient (Wildman–Crippen LogP) is 6.69. The van der Waals surface area contributed by atoms with Gasteiger partial charge in [-0.25, -0.2) is 9.33 Å². The quantitative estimate of drug-likeness (QED) is 0.353. The maximum absolute atomic E-state index is 14.3. The fourth-order valence-corrected chi connectivity index (χ4v) is 3.92. The van der Waals surface area contributed by atoms with Crippen LogP contribution in [0.15, 0.2) is 97.2 Å². The van der Waals surface area contributed by atoms with E-state index in [1.165, 1.54) is 12.1 Å². The molecule has 3 aromatic rings. The van der Waals surface area contributed by atoms with Crippen LogP contribution < -0.4 is 11.0 Å². The van der Waals surface area contributed by atoms with Crippen LogP contribution in [0.1, 0.15) is 43.5 Å². The number of nitrogens with one attached hydrogen (secondary N) is 2. The molecule has 0 saturated heterocycles. The van der Waals surface area contributed by atoms with Gasteiger partial charge in [-0.2, -0.15) is 11.0 Å². The topological polar surface area (TPSA) is 46.2 Å². The van der Waals surface area contributed by atoms with Crippen LogP contribution in [0.5, 0.6) is 0 Å². The van der Waals surface area contributed by atoms with Crippen LogP contribution in [0, 0.1) is 5.82 Å². The van der Waals surface area contributed by atoms with Gasteiger partial charge in [0.2, 0.25) is 0 Å². The van der Waals surface area contributed by atoms with Gasteiger partial charge in [-0.3, -0.25) is 4.98 Å². The summed E-state index contributed by atoms with van der Waals surface area (Å²) in [7, 11) is 0. The molecule has 178 valence electrons. The fraction of sp³-hybridized carbons (Fsp3) is 0.250. The molecule has 0 fully saturated rings. The summed E-state index contributed by atoms with van der Waals surface area (Å²) in [5, 5.41) is 0.525. The Morgan fingerprint density at radius 1 is 1.06 bits per heavy atom. The molecule has 0 amide bonds. The van der Waals surface area contributed by atoms with Crippen molar-refractivity contribution in [1.82, 2.24) is 15.9 Å². The van der Waals surface area contributed by atoms with E-state index in [-0.39, 0.29) is 11.9 Å². The minimum atomic E-state index is -0.965. The Hall–Kier alpha value is -2.83. The van der Waals surface area contributed by atoms with Crippen molar-refractivity contribution < 1.29 is 9.33 Å². The van der Waals surface area contributed by atoms with E-state index < -0.39 is 5.54 Å². The van der Waals surface area contributed by atoms with E-state index in [9.17, 15) is 4.39 Å². The zero-order valence-electron chi connectivity index (χ0n) is 19.5. The van der Waals surface area contributed by atoms with E-state index in [1.54, 1.807) is 18.3 Å². The third kappa shape index (κ3) is 6.84. The fourth-order valence-electron chi connectivity index (χ4n) is 3.81. The maximum atomic E-state index is 14.3. The monoisotopic (exact) mass is 479 g/mol. The van der Waals surface area contributed by atoms with E-state index in [4.69, 9.17) is 16.5 Å². The summed E-state index contributed by atoms with van der Waals surface area (Å²) in [6, 6.07) is 20.1. The Balaban J connectivity index is 0.00000158. The van der Waals surface area contributed by atoms with Gasteiger partial charge in [-0.05, 0) is 48.2 Å². The predicted molar refractivity (Wildman–Crippen MR) is 137 cm³/mol. The molecule has 4 rings (SSSR count). The Labute approximate surface area is 206 Å². The summed E-state index contributed by atoms with van der Waals surface area (Å²) in [6.07, 6.45) is 12.1. The molecular weight excluding hydrogens is 449 g/mol. The molecule has 4 nitrogen and oxygen atoms in total. The summed E-state index contributed by atoms with van der Waals surface area (Å²) in [4.78, 5) is 10.5. The molecule has 2 aromatic carbocycles. The van der Waals surface area contributed by atoms with Gasteiger partial charge in [0.25, 0.3) is 0 Å². The SMILES string of the molecule is CC.Fc1cccc(C(Cc2ccccc2)(NONC2C=CC=CCC2)c2ccc(Cl)cn2)c1. The second kappa shape index (κ2) is 13.2. The summed E-state index contributed by atoms with van der Waals surface area (Å²) in [6.45, 7) is 4.00. The van der Waals surface area contributed by atoms with Crippen molar-refractivity contribution in [3.63, 3.8) is 0 Å². The Morgan fingerprint density at radius 3 is 2.62 bits per heavy atom. The molecule has 6 heteroatoms. The van der Waals surface area contributed by atoms with E-state index >= 15 is 0 Å². The average Bonchev–Trinajstić information content (AvgIpc) is 3.15. The smallest absolute Gasteiger partial charge is 0.123 e. The van der Waals surface area contributed by atoms with Gasteiger partial charge >= 0.3 is 0 Å². The third-order valence-electron chi connectivity index (χ3n) is 5.46. The summed E-state index contributed by atoms with van der Waals surface area (Å²) >= 11 is 6.11. The van der Waals surface area contributed by atoms with Crippen LogP contribution in [0.4, 0.5) is 4.39 Å². The first-order valence-electron chi connectivity index (χ1n) is 11.6. The Bertz CT molecular complexity index is 1070. The van der Waals surface area contributed by atoms with E-state index in [0.29, 0.717) is 22.7 Å². The molecule has 0 aliphatic heterocycles. The van der Waals surface area contributed by atoms with Crippen LogP contribution in [0.3, 0.4) is 0 Å². The van der Waals surface area contributed by atoms with Gasteiger partial charge in [-0.1, -0.05) is 92.2 Å². The largest absolute Gasteiger partial charge is 0.257 e. The molecule has 2 unspecified atom stereocenters. The van der Waals surface area contributed by atoms with Crippen LogP contribution in [0.2, 0.25) is 5.02 Å². The summed E-state index contributed by atoms with van der Waals surface area (Å²) in [5.41, 5.74) is 7.71. The molecule has 0 saturated carbocycles. The number of allylic oxidation sites excluding steroid dienone is 3. The van der Waals surface area contributed by atoms with Crippen LogP contribution >= 0.6 is 11.6 Å². The lowest BCUT2D eigenvalue weighted by Crippen LogP contribution is -2.49. The number of hydroxylamine groups is 2. The molecule has 1 aromatic heterocycles. The first-order chi connectivity index (χ1) is 16.7. The average molecular weight is 480 g/mol. The number of hydrogen-bond acceptors (Lipinski definition) is 4. The molecule has 0 bridgehead atoms. The van der Waals surface area contributed by atoms with Crippen molar-refractivity contribution in [2.75, 3.05) is 0 Å². The first kappa shape index (κ1) is 25.8. The highest BCUT2D eigenvalue weighted by molar-refractivity contribution is 6.30. The van der Waals surface area contributed by atoms with Gasteiger partial charge in [0, 0.05) is 12.6 Å². The lowest BCUT2D eigenvalue weighted by atomic mass is 9.81. The lowest BCUT2D eigenvalue weighted by Gasteiger charge is -2.35. The Kier molecular flexibility index (Phi) is 9.98. The Morgan fingerprint density at radius 2 is 1.88 bits per heavy atom. The van der Waals surface area contributed by atoms with Crippen molar-refractivity contribution in [2.45, 2.75) is 44.7 Å². The normalized spacial score (nSPS) is 16.8. The van der Waals surface area contributed by atoms with Crippen LogP contribution in [0.25, 0.3) is 0 Å². The van der Waals surface area contributed by atoms with Crippen molar-refractivity contribution in [2.24, 2.45) is 0 Å². The second-order valence-corrected chi connectivity index (χ2v) is 8.20. The minimum Gasteiger partial charge on any atom is -0.257 e. The third-order valence-corrected chi connectivity index (χ3v) is 5.69. The van der Waals surface area contributed by atoms with E-state index in [0.717, 1.165) is 18.4 Å². The molecule has 1 heterocycles. The second-order valence-electron chi connectivity index (χ2n) is 7.76.